The zero-order valence-electron chi connectivity index (χ0n) is 32.3. The van der Waals surface area contributed by atoms with Crippen molar-refractivity contribution >= 4 is 5.97 Å². The normalized spacial score (nSPS) is 12.6. The number of ether oxygens (including phenoxy) is 2. The predicted octanol–water partition coefficient (Wildman–Crippen LogP) is 13.7. The first kappa shape index (κ1) is 46.6. The Kier molecular flexibility index (Phi) is 40.6. The van der Waals surface area contributed by atoms with E-state index in [1.165, 1.54) is 154 Å². The average molecular weight is 675 g/mol. The Bertz CT molecular complexity index is 713. The Balaban J connectivity index is 3.41. The first-order valence-corrected chi connectivity index (χ1v) is 21.1. The van der Waals surface area contributed by atoms with Gasteiger partial charge in [0.1, 0.15) is 6.10 Å². The second-order valence-electron chi connectivity index (χ2n) is 14.0. The van der Waals surface area contributed by atoms with E-state index in [0.717, 1.165) is 38.5 Å². The second kappa shape index (κ2) is 41.8. The molecule has 0 aliphatic carbocycles. The zero-order chi connectivity index (χ0) is 34.9. The lowest BCUT2D eigenvalue weighted by molar-refractivity contribution is -0.154. The van der Waals surface area contributed by atoms with Crippen molar-refractivity contribution < 1.29 is 19.4 Å². The Morgan fingerprint density at radius 3 is 1.42 bits per heavy atom. The molecule has 0 aliphatic heterocycles. The maximum Gasteiger partial charge on any atom is 0.306 e. The number of carbonyl (C=O) groups is 1. The molecule has 0 heterocycles. The third-order valence-corrected chi connectivity index (χ3v) is 9.23. The van der Waals surface area contributed by atoms with Gasteiger partial charge in [-0.2, -0.15) is 0 Å². The number of rotatable bonds is 39. The van der Waals surface area contributed by atoms with Crippen LogP contribution in [0.5, 0.6) is 0 Å². The molecule has 0 spiro atoms. The van der Waals surface area contributed by atoms with Gasteiger partial charge in [0.15, 0.2) is 0 Å². The molecule has 0 saturated carbocycles. The van der Waals surface area contributed by atoms with Crippen molar-refractivity contribution in [1.82, 2.24) is 0 Å². The fraction of sp³-hybridized carbons (Fsp3) is 0.841. The third kappa shape index (κ3) is 39.1. The maximum atomic E-state index is 12.2. The summed E-state index contributed by atoms with van der Waals surface area (Å²) in [5.74, 6) is -0.201. The van der Waals surface area contributed by atoms with Gasteiger partial charge in [0, 0.05) is 13.0 Å². The average Bonchev–Trinajstić information content (AvgIpc) is 3.09. The predicted molar refractivity (Wildman–Crippen MR) is 210 cm³/mol. The van der Waals surface area contributed by atoms with Gasteiger partial charge in [0.2, 0.25) is 0 Å². The van der Waals surface area contributed by atoms with Crippen LogP contribution in [0.1, 0.15) is 213 Å². The lowest BCUT2D eigenvalue weighted by Crippen LogP contribution is -2.27. The van der Waals surface area contributed by atoms with Crippen LogP contribution >= 0.6 is 0 Å². The van der Waals surface area contributed by atoms with Crippen molar-refractivity contribution in [2.45, 2.75) is 219 Å². The van der Waals surface area contributed by atoms with Gasteiger partial charge in [0.05, 0.1) is 13.2 Å². The van der Waals surface area contributed by atoms with Crippen molar-refractivity contribution in [3.05, 3.63) is 36.5 Å². The molecule has 1 unspecified atom stereocenters. The number of hydrogen-bond acceptors (Lipinski definition) is 4. The van der Waals surface area contributed by atoms with Crippen molar-refractivity contribution in [1.29, 1.82) is 0 Å². The molecule has 0 aromatic carbocycles. The maximum absolute atomic E-state index is 12.2. The summed E-state index contributed by atoms with van der Waals surface area (Å²) in [6.07, 6.45) is 52.0. The van der Waals surface area contributed by atoms with Gasteiger partial charge in [-0.3, -0.25) is 4.79 Å². The molecular formula is C44H82O4. The minimum Gasteiger partial charge on any atom is -0.457 e. The smallest absolute Gasteiger partial charge is 0.306 e. The summed E-state index contributed by atoms with van der Waals surface area (Å²) in [5, 5.41) is 9.60. The minimum absolute atomic E-state index is 0.172. The van der Waals surface area contributed by atoms with Crippen LogP contribution in [0, 0.1) is 0 Å². The Labute approximate surface area is 300 Å². The topological polar surface area (TPSA) is 55.8 Å². The molecule has 0 aromatic rings. The second-order valence-corrected chi connectivity index (χ2v) is 14.0. The molecule has 282 valence electrons. The Morgan fingerprint density at radius 2 is 0.938 bits per heavy atom. The lowest BCUT2D eigenvalue weighted by atomic mass is 10.0. The van der Waals surface area contributed by atoms with Gasteiger partial charge in [-0.05, 0) is 44.9 Å². The molecule has 1 N–H and O–H groups in total. The lowest BCUT2D eigenvalue weighted by Gasteiger charge is -2.16. The van der Waals surface area contributed by atoms with Gasteiger partial charge in [-0.25, -0.2) is 0 Å². The van der Waals surface area contributed by atoms with Crippen LogP contribution in [0.15, 0.2) is 36.5 Å². The highest BCUT2D eigenvalue weighted by Crippen LogP contribution is 2.15. The standard InChI is InChI=1S/C44H82O4/c1-3-5-7-9-11-13-15-17-19-21-23-25-27-29-31-33-35-37-39-44(46)48-43(41-45)42-47-40-38-36-34-32-30-28-26-24-22-20-18-16-14-12-10-8-6-4-2/h6,8,12,14,18,20,43,45H,3-5,7,9-11,13,15-17,19,21-42H2,1-2H3/b8-6-,14-12-,20-18-. The molecule has 0 fully saturated rings. The van der Waals surface area contributed by atoms with E-state index in [1.54, 1.807) is 0 Å². The molecule has 1 atom stereocenters. The first-order valence-electron chi connectivity index (χ1n) is 21.1. The summed E-state index contributed by atoms with van der Waals surface area (Å²) in [5.41, 5.74) is 0. The molecule has 0 bridgehead atoms. The van der Waals surface area contributed by atoms with E-state index in [-0.39, 0.29) is 12.6 Å². The largest absolute Gasteiger partial charge is 0.457 e. The fourth-order valence-electron chi connectivity index (χ4n) is 6.11. The number of unbranched alkanes of at least 4 members (excludes halogenated alkanes) is 25. The van der Waals surface area contributed by atoms with Crippen molar-refractivity contribution in [2.24, 2.45) is 0 Å². The van der Waals surface area contributed by atoms with Crippen molar-refractivity contribution in [3.63, 3.8) is 0 Å². The molecule has 0 amide bonds. The minimum atomic E-state index is -0.535. The van der Waals surface area contributed by atoms with Crippen LogP contribution in [-0.2, 0) is 14.3 Å². The van der Waals surface area contributed by atoms with Crippen LogP contribution in [0.3, 0.4) is 0 Å². The summed E-state index contributed by atoms with van der Waals surface area (Å²) in [7, 11) is 0. The summed E-state index contributed by atoms with van der Waals surface area (Å²) in [6.45, 7) is 5.25. The third-order valence-electron chi connectivity index (χ3n) is 9.23. The van der Waals surface area contributed by atoms with E-state index in [9.17, 15) is 9.90 Å². The summed E-state index contributed by atoms with van der Waals surface area (Å²) in [4.78, 5) is 12.2. The summed E-state index contributed by atoms with van der Waals surface area (Å²) in [6, 6.07) is 0. The van der Waals surface area contributed by atoms with E-state index < -0.39 is 6.10 Å². The van der Waals surface area contributed by atoms with Crippen LogP contribution < -0.4 is 0 Å². The van der Waals surface area contributed by atoms with E-state index >= 15 is 0 Å². The fourth-order valence-corrected chi connectivity index (χ4v) is 6.11. The monoisotopic (exact) mass is 675 g/mol. The molecular weight excluding hydrogens is 592 g/mol. The van der Waals surface area contributed by atoms with E-state index in [2.05, 4.69) is 50.3 Å². The highest BCUT2D eigenvalue weighted by Gasteiger charge is 2.13. The van der Waals surface area contributed by atoms with Gasteiger partial charge in [-0.1, -0.05) is 198 Å². The highest BCUT2D eigenvalue weighted by atomic mass is 16.6. The van der Waals surface area contributed by atoms with E-state index in [0.29, 0.717) is 19.6 Å². The number of hydrogen-bond donors (Lipinski definition) is 1. The number of aliphatic hydroxyl groups is 1. The quantitative estimate of drug-likeness (QED) is 0.0400. The van der Waals surface area contributed by atoms with Crippen LogP contribution in [0.4, 0.5) is 0 Å². The van der Waals surface area contributed by atoms with E-state index in [1.807, 2.05) is 0 Å². The molecule has 0 aliphatic rings. The number of esters is 1. The molecule has 48 heavy (non-hydrogen) atoms. The van der Waals surface area contributed by atoms with Crippen molar-refractivity contribution in [2.75, 3.05) is 19.8 Å². The molecule has 4 nitrogen and oxygen atoms in total. The van der Waals surface area contributed by atoms with Crippen LogP contribution in [0.25, 0.3) is 0 Å². The SMILES string of the molecule is CC/C=C\C/C=C\C/C=C\CCCCCCCCCCOCC(CO)OC(=O)CCCCCCCCCCCCCCCCCCCC. The number of carbonyl (C=O) groups excluding carboxylic acids is 1. The van der Waals surface area contributed by atoms with E-state index in [4.69, 9.17) is 9.47 Å². The number of allylic oxidation sites excluding steroid dienone is 6. The molecule has 0 radical (unpaired) electrons. The Hall–Kier alpha value is -1.39. The molecule has 0 rings (SSSR count). The summed E-state index contributed by atoms with van der Waals surface area (Å²) >= 11 is 0. The van der Waals surface area contributed by atoms with Gasteiger partial charge >= 0.3 is 5.97 Å². The molecule has 0 aromatic heterocycles. The molecule has 4 heteroatoms. The van der Waals surface area contributed by atoms with Gasteiger partial charge < -0.3 is 14.6 Å². The number of aliphatic hydroxyl groups excluding tert-OH is 1. The Morgan fingerprint density at radius 1 is 0.521 bits per heavy atom. The first-order chi connectivity index (χ1) is 23.7. The highest BCUT2D eigenvalue weighted by molar-refractivity contribution is 5.69. The van der Waals surface area contributed by atoms with Gasteiger partial charge in [0.25, 0.3) is 0 Å². The van der Waals surface area contributed by atoms with Gasteiger partial charge in [-0.15, -0.1) is 0 Å². The van der Waals surface area contributed by atoms with Crippen LogP contribution in [0.2, 0.25) is 0 Å². The van der Waals surface area contributed by atoms with Crippen molar-refractivity contribution in [3.8, 4) is 0 Å². The van der Waals surface area contributed by atoms with Crippen LogP contribution in [-0.4, -0.2) is 37.0 Å². The summed E-state index contributed by atoms with van der Waals surface area (Å²) < 4.78 is 11.2. The zero-order valence-corrected chi connectivity index (χ0v) is 32.3. The molecule has 0 saturated heterocycles.